The second-order valence-corrected chi connectivity index (χ2v) is 8.28. The monoisotopic (exact) mass is 408 g/mol. The van der Waals surface area contributed by atoms with Crippen LogP contribution in [0.1, 0.15) is 38.7 Å². The van der Waals surface area contributed by atoms with Crippen molar-refractivity contribution in [2.45, 2.75) is 57.3 Å². The number of amides is 1. The van der Waals surface area contributed by atoms with Crippen molar-refractivity contribution in [3.05, 3.63) is 36.0 Å². The largest absolute Gasteiger partial charge is 0.464 e. The molecule has 3 aliphatic carbocycles. The third-order valence-electron chi connectivity index (χ3n) is 6.28. The zero-order chi connectivity index (χ0) is 21.0. The molecule has 29 heavy (non-hydrogen) atoms. The van der Waals surface area contributed by atoms with E-state index in [0.29, 0.717) is 0 Å². The molecule has 0 spiro atoms. The molecule has 2 bridgehead atoms. The van der Waals surface area contributed by atoms with Crippen LogP contribution in [0.2, 0.25) is 0 Å². The fraction of sp³-hybridized carbons (Fsp3) is 0.524. The highest BCUT2D eigenvalue weighted by atomic mass is 19.4. The van der Waals surface area contributed by atoms with Crippen LogP contribution in [-0.4, -0.2) is 35.3 Å². The number of fused-ring (bicyclic) bond motifs is 1. The Labute approximate surface area is 166 Å². The lowest BCUT2D eigenvalue weighted by molar-refractivity contribution is -0.353. The molecule has 1 N–H and O–H groups in total. The summed E-state index contributed by atoms with van der Waals surface area (Å²) in [6.45, 7) is 3.21. The van der Waals surface area contributed by atoms with E-state index in [1.165, 1.54) is 6.92 Å². The van der Waals surface area contributed by atoms with E-state index in [9.17, 15) is 22.8 Å². The van der Waals surface area contributed by atoms with E-state index in [2.05, 4.69) is 5.32 Å². The van der Waals surface area contributed by atoms with Crippen molar-refractivity contribution in [2.24, 2.45) is 5.41 Å². The molecule has 1 atom stereocenters. The first-order valence-corrected chi connectivity index (χ1v) is 9.71. The summed E-state index contributed by atoms with van der Waals surface area (Å²) >= 11 is 0. The SMILES string of the molecule is CCOC(=O)[C@H](Cc1cn(C23CC(C(F)(F)F)(C2)C3)c2ccccc12)NC(C)=O. The molecule has 0 saturated heterocycles. The van der Waals surface area contributed by atoms with E-state index in [1.54, 1.807) is 6.92 Å². The van der Waals surface area contributed by atoms with Gasteiger partial charge in [0.25, 0.3) is 0 Å². The number of hydrogen-bond donors (Lipinski definition) is 1. The quantitative estimate of drug-likeness (QED) is 0.742. The molecule has 3 fully saturated rings. The number of alkyl halides is 3. The summed E-state index contributed by atoms with van der Waals surface area (Å²) in [5, 5.41) is 3.49. The topological polar surface area (TPSA) is 60.3 Å². The first-order valence-electron chi connectivity index (χ1n) is 9.71. The van der Waals surface area contributed by atoms with E-state index in [4.69, 9.17) is 4.74 Å². The molecule has 0 radical (unpaired) electrons. The van der Waals surface area contributed by atoms with E-state index in [0.717, 1.165) is 16.5 Å². The smallest absolute Gasteiger partial charge is 0.394 e. The number of rotatable bonds is 6. The fourth-order valence-electron chi connectivity index (χ4n) is 5.00. The Balaban J connectivity index is 1.65. The van der Waals surface area contributed by atoms with Gasteiger partial charge in [-0.05, 0) is 37.8 Å². The van der Waals surface area contributed by atoms with Gasteiger partial charge in [0.1, 0.15) is 6.04 Å². The van der Waals surface area contributed by atoms with Crippen LogP contribution < -0.4 is 5.32 Å². The lowest BCUT2D eigenvalue weighted by atomic mass is 9.39. The van der Waals surface area contributed by atoms with Gasteiger partial charge in [0.05, 0.1) is 12.0 Å². The van der Waals surface area contributed by atoms with Gasteiger partial charge in [0.15, 0.2) is 0 Å². The second-order valence-electron chi connectivity index (χ2n) is 8.28. The fourth-order valence-corrected chi connectivity index (χ4v) is 5.00. The lowest BCUT2D eigenvalue weighted by Crippen LogP contribution is -2.72. The Morgan fingerprint density at radius 3 is 2.48 bits per heavy atom. The number of hydrogen-bond acceptors (Lipinski definition) is 3. The molecule has 1 aromatic carbocycles. The maximum absolute atomic E-state index is 13.3. The predicted octanol–water partition coefficient (Wildman–Crippen LogP) is 3.69. The number of benzene rings is 1. The van der Waals surface area contributed by atoms with Crippen LogP contribution >= 0.6 is 0 Å². The Kier molecular flexibility index (Phi) is 4.44. The molecule has 156 valence electrons. The standard InChI is InChI=1S/C21H23F3N2O3/c1-3-29-18(28)16(25-13(2)27)8-14-9-26(17-7-5-4-6-15(14)17)20-10-19(11-20,12-20)21(22,23)24/h4-7,9,16H,3,8,10-12H2,1-2H3,(H,25,27)/t16-,19?,20?/m0/s1. The van der Waals surface area contributed by atoms with Crippen LogP contribution in [0.15, 0.2) is 30.5 Å². The zero-order valence-corrected chi connectivity index (χ0v) is 16.3. The summed E-state index contributed by atoms with van der Waals surface area (Å²) in [6.07, 6.45) is -1.83. The first kappa shape index (κ1) is 19.8. The number of nitrogens with zero attached hydrogens (tertiary/aromatic N) is 1. The maximum Gasteiger partial charge on any atom is 0.394 e. The molecular formula is C21H23F3N2O3. The van der Waals surface area contributed by atoms with Crippen molar-refractivity contribution < 1.29 is 27.5 Å². The maximum atomic E-state index is 13.3. The van der Waals surface area contributed by atoms with Crippen LogP contribution in [0, 0.1) is 5.41 Å². The predicted molar refractivity (Wildman–Crippen MR) is 100 cm³/mol. The summed E-state index contributed by atoms with van der Waals surface area (Å²) in [5.41, 5.74) is -0.398. The molecule has 1 aromatic heterocycles. The van der Waals surface area contributed by atoms with Gasteiger partial charge in [0, 0.05) is 36.0 Å². The second kappa shape index (κ2) is 6.50. The molecule has 3 aliphatic rings. The summed E-state index contributed by atoms with van der Waals surface area (Å²) in [4.78, 5) is 23.8. The number of carbonyl (C=O) groups excluding carboxylic acids is 2. The van der Waals surface area contributed by atoms with Crippen molar-refractivity contribution in [1.82, 2.24) is 9.88 Å². The van der Waals surface area contributed by atoms with Crippen molar-refractivity contribution in [2.75, 3.05) is 6.61 Å². The summed E-state index contributed by atoms with van der Waals surface area (Å²) in [6, 6.07) is 6.64. The number of para-hydroxylation sites is 1. The molecule has 5 nitrogen and oxygen atoms in total. The highest BCUT2D eigenvalue weighted by Gasteiger charge is 2.79. The van der Waals surface area contributed by atoms with Crippen LogP contribution in [0.25, 0.3) is 10.9 Å². The number of esters is 1. The molecule has 8 heteroatoms. The number of halogens is 3. The van der Waals surface area contributed by atoms with E-state index < -0.39 is 29.1 Å². The van der Waals surface area contributed by atoms with Gasteiger partial charge in [-0.2, -0.15) is 13.2 Å². The molecule has 0 unspecified atom stereocenters. The van der Waals surface area contributed by atoms with Crippen LogP contribution in [-0.2, 0) is 26.3 Å². The Bertz CT molecular complexity index is 959. The highest BCUT2D eigenvalue weighted by molar-refractivity contribution is 5.87. The summed E-state index contributed by atoms with van der Waals surface area (Å²) in [7, 11) is 0. The van der Waals surface area contributed by atoms with Crippen LogP contribution in [0.3, 0.4) is 0 Å². The third kappa shape index (κ3) is 3.00. The first-order chi connectivity index (χ1) is 13.6. The Hall–Kier alpha value is -2.51. The minimum Gasteiger partial charge on any atom is -0.464 e. The number of ether oxygens (including phenoxy) is 1. The van der Waals surface area contributed by atoms with Crippen molar-refractivity contribution in [3.8, 4) is 0 Å². The number of aromatic nitrogens is 1. The molecule has 1 amide bonds. The highest BCUT2D eigenvalue weighted by Crippen LogP contribution is 2.77. The minimum atomic E-state index is -4.17. The van der Waals surface area contributed by atoms with E-state index in [-0.39, 0.29) is 38.2 Å². The molecule has 2 aromatic rings. The minimum absolute atomic E-state index is 0.0919. The lowest BCUT2D eigenvalue weighted by Gasteiger charge is -2.71. The molecule has 0 aliphatic heterocycles. The van der Waals surface area contributed by atoms with Gasteiger partial charge >= 0.3 is 12.1 Å². The van der Waals surface area contributed by atoms with Crippen molar-refractivity contribution >= 4 is 22.8 Å². The average Bonchev–Trinajstić information content (AvgIpc) is 2.89. The van der Waals surface area contributed by atoms with Gasteiger partial charge in [-0.15, -0.1) is 0 Å². The van der Waals surface area contributed by atoms with Gasteiger partial charge in [0.2, 0.25) is 5.91 Å². The van der Waals surface area contributed by atoms with E-state index in [1.807, 2.05) is 35.0 Å². The van der Waals surface area contributed by atoms with Gasteiger partial charge in [-0.3, -0.25) is 4.79 Å². The van der Waals surface area contributed by atoms with E-state index >= 15 is 0 Å². The van der Waals surface area contributed by atoms with Crippen LogP contribution in [0.5, 0.6) is 0 Å². The summed E-state index contributed by atoms with van der Waals surface area (Å²) in [5.74, 6) is -0.876. The normalized spacial score (nSPS) is 26.4. The number of carbonyl (C=O) groups is 2. The Morgan fingerprint density at radius 1 is 1.24 bits per heavy atom. The molecule has 1 heterocycles. The summed E-state index contributed by atoms with van der Waals surface area (Å²) < 4.78 is 46.9. The Morgan fingerprint density at radius 2 is 1.90 bits per heavy atom. The molecule has 5 rings (SSSR count). The molecule has 3 saturated carbocycles. The van der Waals surface area contributed by atoms with Crippen molar-refractivity contribution in [3.63, 3.8) is 0 Å². The van der Waals surface area contributed by atoms with Gasteiger partial charge in [-0.25, -0.2) is 4.79 Å². The number of nitrogens with one attached hydrogen (secondary N) is 1. The van der Waals surface area contributed by atoms with Gasteiger partial charge in [-0.1, -0.05) is 18.2 Å². The average molecular weight is 408 g/mol. The third-order valence-corrected chi connectivity index (χ3v) is 6.28. The van der Waals surface area contributed by atoms with Crippen LogP contribution in [0.4, 0.5) is 13.2 Å². The van der Waals surface area contributed by atoms with Gasteiger partial charge < -0.3 is 14.6 Å². The van der Waals surface area contributed by atoms with Crippen molar-refractivity contribution in [1.29, 1.82) is 0 Å². The molecular weight excluding hydrogens is 385 g/mol. The zero-order valence-electron chi connectivity index (χ0n) is 16.3.